The molecule has 1 aromatic rings. The topological polar surface area (TPSA) is 67.3 Å². The second-order valence-corrected chi connectivity index (χ2v) is 5.04. The molecule has 1 aromatic heterocycles. The molecule has 0 atom stereocenters. The molecule has 1 aliphatic heterocycles. The van der Waals surface area contributed by atoms with Crippen molar-refractivity contribution in [1.82, 2.24) is 15.1 Å². The van der Waals surface area contributed by atoms with E-state index >= 15 is 0 Å². The number of carbonyl (C=O) groups excluding carboxylic acids is 1. The number of nitrogens with one attached hydrogen (secondary N) is 1. The summed E-state index contributed by atoms with van der Waals surface area (Å²) in [7, 11) is 0. The molecule has 0 spiro atoms. The summed E-state index contributed by atoms with van der Waals surface area (Å²) < 4.78 is 5.32. The molecule has 2 rings (SSSR count). The minimum atomic E-state index is 0.0667. The molecule has 0 aliphatic carbocycles. The number of likely N-dealkylation sites (tertiary alicyclic amines) is 1. The molecule has 0 radical (unpaired) electrons. The first-order chi connectivity index (χ1) is 10.3. The highest BCUT2D eigenvalue weighted by Gasteiger charge is 2.22. The van der Waals surface area contributed by atoms with Crippen LogP contribution in [-0.2, 0) is 9.53 Å². The Balaban J connectivity index is 1.68. The molecule has 0 saturated carbocycles. The lowest BCUT2D eigenvalue weighted by atomic mass is 10.1. The first-order valence-electron chi connectivity index (χ1n) is 7.30. The van der Waals surface area contributed by atoms with Crippen LogP contribution in [-0.4, -0.2) is 53.3 Å². The Morgan fingerprint density at radius 1 is 1.52 bits per heavy atom. The van der Waals surface area contributed by atoms with E-state index in [1.807, 2.05) is 17.0 Å². The Kier molecular flexibility index (Phi) is 6.15. The number of anilines is 1. The number of piperidine rings is 1. The van der Waals surface area contributed by atoms with Crippen LogP contribution in [0.3, 0.4) is 0 Å². The third-order valence-corrected chi connectivity index (χ3v) is 3.46. The summed E-state index contributed by atoms with van der Waals surface area (Å²) >= 11 is 0. The van der Waals surface area contributed by atoms with Gasteiger partial charge in [0.05, 0.1) is 6.61 Å². The molecule has 0 unspecified atom stereocenters. The fourth-order valence-electron chi connectivity index (χ4n) is 2.28. The maximum Gasteiger partial charge on any atom is 0.248 e. The number of hydrogen-bond donors (Lipinski definition) is 1. The minimum absolute atomic E-state index is 0.0667. The van der Waals surface area contributed by atoms with E-state index < -0.39 is 0 Å². The van der Waals surface area contributed by atoms with Gasteiger partial charge in [0.2, 0.25) is 5.91 Å². The molecule has 6 nitrogen and oxygen atoms in total. The van der Waals surface area contributed by atoms with Crippen molar-refractivity contribution in [1.29, 1.82) is 0 Å². The zero-order chi connectivity index (χ0) is 14.9. The van der Waals surface area contributed by atoms with Gasteiger partial charge in [-0.05, 0) is 31.4 Å². The maximum atomic E-state index is 12.0. The van der Waals surface area contributed by atoms with Crippen LogP contribution < -0.4 is 5.32 Å². The molecular weight excluding hydrogens is 268 g/mol. The Morgan fingerprint density at radius 2 is 2.33 bits per heavy atom. The molecule has 2 heterocycles. The second-order valence-electron chi connectivity index (χ2n) is 5.04. The van der Waals surface area contributed by atoms with E-state index in [1.54, 1.807) is 12.3 Å². The summed E-state index contributed by atoms with van der Waals surface area (Å²) in [6.45, 7) is 5.84. The molecule has 114 valence electrons. The first kappa shape index (κ1) is 15.4. The van der Waals surface area contributed by atoms with Gasteiger partial charge in [0.1, 0.15) is 12.4 Å². The number of aromatic nitrogens is 2. The normalized spacial score (nSPS) is 15.7. The number of amides is 1. The molecule has 1 fully saturated rings. The van der Waals surface area contributed by atoms with Crippen molar-refractivity contribution in [3.8, 4) is 0 Å². The average Bonchev–Trinajstić information content (AvgIpc) is 2.53. The van der Waals surface area contributed by atoms with Crippen molar-refractivity contribution >= 4 is 11.7 Å². The number of nitrogens with zero attached hydrogens (tertiary/aromatic N) is 3. The fourth-order valence-corrected chi connectivity index (χ4v) is 2.28. The van der Waals surface area contributed by atoms with E-state index in [9.17, 15) is 4.79 Å². The van der Waals surface area contributed by atoms with Crippen molar-refractivity contribution < 1.29 is 9.53 Å². The van der Waals surface area contributed by atoms with Gasteiger partial charge in [0.25, 0.3) is 0 Å². The summed E-state index contributed by atoms with van der Waals surface area (Å²) in [5, 5.41) is 11.2. The van der Waals surface area contributed by atoms with E-state index in [2.05, 4.69) is 22.1 Å². The Morgan fingerprint density at radius 3 is 3.00 bits per heavy atom. The van der Waals surface area contributed by atoms with Gasteiger partial charge in [-0.2, -0.15) is 5.10 Å². The lowest BCUT2D eigenvalue weighted by molar-refractivity contribution is -0.137. The smallest absolute Gasteiger partial charge is 0.248 e. The van der Waals surface area contributed by atoms with Gasteiger partial charge in [-0.25, -0.2) is 0 Å². The number of ether oxygens (including phenoxy) is 1. The monoisotopic (exact) mass is 290 g/mol. The molecule has 1 N–H and O–H groups in total. The SMILES string of the molecule is C=CCCOCC(=O)N1CCC(Nc2cccnn2)CC1. The summed E-state index contributed by atoms with van der Waals surface area (Å²) in [5.74, 6) is 0.854. The Bertz CT molecular complexity index is 444. The van der Waals surface area contributed by atoms with Gasteiger partial charge in [0, 0.05) is 25.3 Å². The van der Waals surface area contributed by atoms with E-state index in [1.165, 1.54) is 0 Å². The van der Waals surface area contributed by atoms with Gasteiger partial charge in [-0.3, -0.25) is 4.79 Å². The van der Waals surface area contributed by atoms with Crippen molar-refractivity contribution in [3.63, 3.8) is 0 Å². The zero-order valence-corrected chi connectivity index (χ0v) is 12.2. The lowest BCUT2D eigenvalue weighted by Crippen LogP contribution is -2.43. The average molecular weight is 290 g/mol. The third kappa shape index (κ3) is 5.15. The van der Waals surface area contributed by atoms with E-state index in [-0.39, 0.29) is 12.5 Å². The van der Waals surface area contributed by atoms with Crippen LogP contribution in [0.2, 0.25) is 0 Å². The molecule has 0 bridgehead atoms. The summed E-state index contributed by atoms with van der Waals surface area (Å²) in [5.41, 5.74) is 0. The molecule has 21 heavy (non-hydrogen) atoms. The van der Waals surface area contributed by atoms with Gasteiger partial charge < -0.3 is 15.0 Å². The summed E-state index contributed by atoms with van der Waals surface area (Å²) in [6, 6.07) is 4.10. The Labute approximate surface area is 125 Å². The lowest BCUT2D eigenvalue weighted by Gasteiger charge is -2.32. The first-order valence-corrected chi connectivity index (χ1v) is 7.30. The number of hydrogen-bond acceptors (Lipinski definition) is 5. The maximum absolute atomic E-state index is 12.0. The number of rotatable bonds is 7. The van der Waals surface area contributed by atoms with E-state index in [4.69, 9.17) is 4.74 Å². The molecule has 1 aliphatic rings. The zero-order valence-electron chi connectivity index (χ0n) is 12.2. The minimum Gasteiger partial charge on any atom is -0.371 e. The van der Waals surface area contributed by atoms with Crippen LogP contribution in [0.5, 0.6) is 0 Å². The molecule has 1 amide bonds. The van der Waals surface area contributed by atoms with Crippen LogP contribution in [0.1, 0.15) is 19.3 Å². The fraction of sp³-hybridized carbons (Fsp3) is 0.533. The van der Waals surface area contributed by atoms with Gasteiger partial charge in [-0.1, -0.05) is 6.08 Å². The predicted molar refractivity (Wildman–Crippen MR) is 80.9 cm³/mol. The third-order valence-electron chi connectivity index (χ3n) is 3.46. The standard InChI is InChI=1S/C15H22N4O2/c1-2-3-11-21-12-15(20)19-9-6-13(7-10-19)17-14-5-4-8-16-18-14/h2,4-5,8,13H,1,3,6-7,9-12H2,(H,17,18). The van der Waals surface area contributed by atoms with Crippen LogP contribution in [0.25, 0.3) is 0 Å². The summed E-state index contributed by atoms with van der Waals surface area (Å²) in [6.07, 6.45) is 6.04. The Hall–Kier alpha value is -1.95. The van der Waals surface area contributed by atoms with E-state index in [0.717, 1.165) is 38.2 Å². The highest BCUT2D eigenvalue weighted by Crippen LogP contribution is 2.14. The molecular formula is C15H22N4O2. The molecule has 6 heteroatoms. The van der Waals surface area contributed by atoms with Crippen molar-refractivity contribution in [2.75, 3.05) is 31.6 Å². The van der Waals surface area contributed by atoms with Crippen molar-refractivity contribution in [2.45, 2.75) is 25.3 Å². The number of carbonyl (C=O) groups is 1. The largest absolute Gasteiger partial charge is 0.371 e. The quantitative estimate of drug-likeness (QED) is 0.608. The van der Waals surface area contributed by atoms with Crippen molar-refractivity contribution in [3.05, 3.63) is 31.0 Å². The van der Waals surface area contributed by atoms with Crippen LogP contribution >= 0.6 is 0 Å². The highest BCUT2D eigenvalue weighted by atomic mass is 16.5. The van der Waals surface area contributed by atoms with Crippen LogP contribution in [0.4, 0.5) is 5.82 Å². The van der Waals surface area contributed by atoms with Gasteiger partial charge in [-0.15, -0.1) is 11.7 Å². The van der Waals surface area contributed by atoms with Crippen molar-refractivity contribution in [2.24, 2.45) is 0 Å². The van der Waals surface area contributed by atoms with Crippen LogP contribution in [0.15, 0.2) is 31.0 Å². The summed E-state index contributed by atoms with van der Waals surface area (Å²) in [4.78, 5) is 13.8. The second kappa shape index (κ2) is 8.36. The molecule has 1 saturated heterocycles. The predicted octanol–water partition coefficient (Wildman–Crippen LogP) is 1.47. The van der Waals surface area contributed by atoms with Gasteiger partial charge >= 0.3 is 0 Å². The highest BCUT2D eigenvalue weighted by molar-refractivity contribution is 5.77. The molecule has 0 aromatic carbocycles. The van der Waals surface area contributed by atoms with Gasteiger partial charge in [0.15, 0.2) is 0 Å². The van der Waals surface area contributed by atoms with E-state index in [0.29, 0.717) is 12.6 Å². The van der Waals surface area contributed by atoms with Crippen LogP contribution in [0, 0.1) is 0 Å².